The maximum atomic E-state index is 15.2. The van der Waals surface area contributed by atoms with Crippen LogP contribution < -0.4 is 15.5 Å². The van der Waals surface area contributed by atoms with Gasteiger partial charge in [0.05, 0.1) is 23.1 Å². The van der Waals surface area contributed by atoms with E-state index in [0.29, 0.717) is 47.3 Å². The molecular weight excluding hydrogens is 526 g/mol. The van der Waals surface area contributed by atoms with Crippen LogP contribution in [0.15, 0.2) is 48.9 Å². The minimum Gasteiger partial charge on any atom is -0.354 e. The van der Waals surface area contributed by atoms with E-state index < -0.39 is 23.1 Å². The first-order valence-corrected chi connectivity index (χ1v) is 13.9. The third-order valence-electron chi connectivity index (χ3n) is 6.96. The molecular formula is C26H28F2N8O2S. The Hall–Kier alpha value is -3.36. The lowest BCUT2D eigenvalue weighted by atomic mass is 10.1. The Kier molecular flexibility index (Phi) is 7.08. The molecule has 2 saturated heterocycles. The molecule has 13 heteroatoms. The average molecular weight is 555 g/mol. The molecule has 0 saturated carbocycles. The second kappa shape index (κ2) is 10.7. The monoisotopic (exact) mass is 554 g/mol. The zero-order valence-electron chi connectivity index (χ0n) is 21.0. The van der Waals surface area contributed by atoms with Crippen LogP contribution in [0.25, 0.3) is 16.7 Å². The van der Waals surface area contributed by atoms with Crippen molar-refractivity contribution in [2.45, 2.75) is 5.91 Å². The molecule has 10 nitrogen and oxygen atoms in total. The maximum absolute atomic E-state index is 15.2. The summed E-state index contributed by atoms with van der Waals surface area (Å²) < 4.78 is 32.0. The normalized spacial score (nSPS) is 17.1. The van der Waals surface area contributed by atoms with Gasteiger partial charge in [-0.2, -0.15) is 16.7 Å². The lowest BCUT2D eigenvalue weighted by Gasteiger charge is -2.37. The van der Waals surface area contributed by atoms with Crippen LogP contribution in [0, 0.1) is 11.6 Å². The molecule has 2 fully saturated rings. The summed E-state index contributed by atoms with van der Waals surface area (Å²) in [5.41, 5.74) is 0.492. The number of pyridine rings is 1. The van der Waals surface area contributed by atoms with Crippen LogP contribution in [-0.2, 0) is 5.91 Å². The molecule has 0 aliphatic carbocycles. The first-order chi connectivity index (χ1) is 18.9. The van der Waals surface area contributed by atoms with Gasteiger partial charge >= 0.3 is 0 Å². The number of fused-ring (bicyclic) bond motifs is 1. The van der Waals surface area contributed by atoms with Crippen LogP contribution in [0.3, 0.4) is 0 Å². The van der Waals surface area contributed by atoms with Crippen LogP contribution in [-0.4, -0.2) is 85.4 Å². The zero-order chi connectivity index (χ0) is 27.0. The van der Waals surface area contributed by atoms with Gasteiger partial charge in [0.15, 0.2) is 0 Å². The van der Waals surface area contributed by atoms with E-state index in [2.05, 4.69) is 30.5 Å². The van der Waals surface area contributed by atoms with Gasteiger partial charge in [-0.05, 0) is 30.3 Å². The summed E-state index contributed by atoms with van der Waals surface area (Å²) in [6.07, 6.45) is 4.96. The molecule has 0 spiro atoms. The molecule has 5 heterocycles. The molecule has 0 amide bonds. The number of aromatic nitrogens is 4. The number of thioether (sulfide) groups is 1. The van der Waals surface area contributed by atoms with Crippen molar-refractivity contribution in [1.82, 2.24) is 29.7 Å². The summed E-state index contributed by atoms with van der Waals surface area (Å²) in [5.74, 6) is -2.38. The summed E-state index contributed by atoms with van der Waals surface area (Å²) in [6.45, 7) is 4.25. The van der Waals surface area contributed by atoms with Gasteiger partial charge in [-0.1, -0.05) is 0 Å². The molecule has 0 atom stereocenters. The van der Waals surface area contributed by atoms with E-state index >= 15 is 8.78 Å². The number of nitrogens with one attached hydrogen (secondary N) is 2. The van der Waals surface area contributed by atoms with E-state index in [-0.39, 0.29) is 5.69 Å². The minimum absolute atomic E-state index is 0.153. The largest absolute Gasteiger partial charge is 0.354 e. The number of benzene rings is 1. The van der Waals surface area contributed by atoms with E-state index in [0.717, 1.165) is 44.1 Å². The van der Waals surface area contributed by atoms with Gasteiger partial charge in [0, 0.05) is 68.6 Å². The number of rotatable bonds is 6. The molecule has 6 rings (SSSR count). The maximum Gasteiger partial charge on any atom is 0.259 e. The van der Waals surface area contributed by atoms with Gasteiger partial charge in [0.25, 0.3) is 5.91 Å². The number of aliphatic hydroxyl groups is 2. The van der Waals surface area contributed by atoms with Gasteiger partial charge in [0.2, 0.25) is 5.95 Å². The third kappa shape index (κ3) is 5.15. The SMILES string of the molecule is OC(O)(c1c(F)cc(-n2ccc3cnc(Nc4ccc(N5CCNCC5)nc4)nc32)cc1F)N1CCSCC1. The Bertz CT molecular complexity index is 1450. The van der Waals surface area contributed by atoms with Crippen LogP contribution in [0.4, 0.5) is 26.2 Å². The number of hydrogen-bond acceptors (Lipinski definition) is 10. The molecule has 0 bridgehead atoms. The van der Waals surface area contributed by atoms with Gasteiger partial charge in [-0.3, -0.25) is 0 Å². The second-order valence-electron chi connectivity index (χ2n) is 9.44. The van der Waals surface area contributed by atoms with Crippen molar-refractivity contribution < 1.29 is 19.0 Å². The molecule has 39 heavy (non-hydrogen) atoms. The van der Waals surface area contributed by atoms with Crippen LogP contribution >= 0.6 is 11.8 Å². The first kappa shape index (κ1) is 25.9. The second-order valence-corrected chi connectivity index (χ2v) is 10.7. The number of piperazine rings is 1. The summed E-state index contributed by atoms with van der Waals surface area (Å²) in [4.78, 5) is 16.9. The Balaban J connectivity index is 1.26. The van der Waals surface area contributed by atoms with E-state index in [9.17, 15) is 10.2 Å². The highest BCUT2D eigenvalue weighted by molar-refractivity contribution is 7.99. The fourth-order valence-electron chi connectivity index (χ4n) is 4.91. The van der Waals surface area contributed by atoms with Crippen molar-refractivity contribution in [2.24, 2.45) is 0 Å². The fourth-order valence-corrected chi connectivity index (χ4v) is 5.81. The molecule has 2 aliphatic heterocycles. The van der Waals surface area contributed by atoms with E-state index in [1.54, 1.807) is 36.4 Å². The van der Waals surface area contributed by atoms with Gasteiger partial charge < -0.3 is 30.3 Å². The van der Waals surface area contributed by atoms with Crippen LogP contribution in [0.5, 0.6) is 0 Å². The quantitative estimate of drug-likeness (QED) is 0.265. The summed E-state index contributed by atoms with van der Waals surface area (Å²) in [6, 6.07) is 7.72. The van der Waals surface area contributed by atoms with Crippen molar-refractivity contribution in [2.75, 3.05) is 61.0 Å². The molecule has 1 aromatic carbocycles. The molecule has 0 radical (unpaired) electrons. The predicted molar refractivity (Wildman–Crippen MR) is 146 cm³/mol. The number of hydrogen-bond donors (Lipinski definition) is 4. The molecule has 4 aromatic rings. The number of nitrogens with zero attached hydrogens (tertiary/aromatic N) is 6. The third-order valence-corrected chi connectivity index (χ3v) is 7.91. The van der Waals surface area contributed by atoms with E-state index in [1.807, 2.05) is 12.1 Å². The van der Waals surface area contributed by atoms with Crippen LogP contribution in [0.2, 0.25) is 0 Å². The summed E-state index contributed by atoms with van der Waals surface area (Å²) in [5, 5.41) is 28.5. The average Bonchev–Trinajstić information content (AvgIpc) is 3.37. The Morgan fingerprint density at radius 3 is 2.38 bits per heavy atom. The highest BCUT2D eigenvalue weighted by Crippen LogP contribution is 2.32. The predicted octanol–water partition coefficient (Wildman–Crippen LogP) is 2.39. The van der Waals surface area contributed by atoms with Crippen molar-refractivity contribution in [1.29, 1.82) is 0 Å². The summed E-state index contributed by atoms with van der Waals surface area (Å²) >= 11 is 1.65. The van der Waals surface area contributed by atoms with Gasteiger partial charge in [-0.15, -0.1) is 0 Å². The molecule has 4 N–H and O–H groups in total. The minimum atomic E-state index is -2.75. The Labute approximate surface area is 227 Å². The molecule has 0 unspecified atom stereocenters. The Morgan fingerprint density at radius 2 is 1.69 bits per heavy atom. The number of anilines is 3. The fraction of sp³-hybridized carbons (Fsp3) is 0.346. The lowest BCUT2D eigenvalue weighted by Crippen LogP contribution is -2.51. The van der Waals surface area contributed by atoms with Crippen molar-refractivity contribution >= 4 is 40.2 Å². The molecule has 3 aromatic heterocycles. The van der Waals surface area contributed by atoms with Gasteiger partial charge in [0.1, 0.15) is 23.1 Å². The Morgan fingerprint density at radius 1 is 0.949 bits per heavy atom. The first-order valence-electron chi connectivity index (χ1n) is 12.7. The highest BCUT2D eigenvalue weighted by Gasteiger charge is 2.40. The zero-order valence-corrected chi connectivity index (χ0v) is 21.8. The van der Waals surface area contributed by atoms with E-state index in [4.69, 9.17) is 0 Å². The van der Waals surface area contributed by atoms with Crippen molar-refractivity contribution in [3.63, 3.8) is 0 Å². The molecule has 2 aliphatic rings. The smallest absolute Gasteiger partial charge is 0.259 e. The number of halogens is 2. The van der Waals surface area contributed by atoms with E-state index in [1.165, 1.54) is 9.47 Å². The van der Waals surface area contributed by atoms with Crippen molar-refractivity contribution in [3.05, 3.63) is 66.1 Å². The van der Waals surface area contributed by atoms with Gasteiger partial charge in [-0.25, -0.2) is 23.6 Å². The van der Waals surface area contributed by atoms with Crippen molar-refractivity contribution in [3.8, 4) is 5.69 Å². The lowest BCUT2D eigenvalue weighted by molar-refractivity contribution is -0.276. The highest BCUT2D eigenvalue weighted by atomic mass is 32.2. The topological polar surface area (TPSA) is 115 Å². The molecule has 204 valence electrons. The van der Waals surface area contributed by atoms with Crippen LogP contribution in [0.1, 0.15) is 5.56 Å². The standard InChI is InChI=1S/C26H28F2N8O2S/c27-20-13-19(14-21(28)23(20)26(37,38)35-9-11-39-12-10-35)36-6-3-17-15-31-25(33-24(17)36)32-18-1-2-22(30-16-18)34-7-4-29-5-8-34/h1-3,6,13-16,29,37-38H,4-5,7-12H2,(H,31,32,33). The summed E-state index contributed by atoms with van der Waals surface area (Å²) in [7, 11) is 0.